The van der Waals surface area contributed by atoms with Crippen LogP contribution < -0.4 is 5.32 Å². The number of thiazole rings is 1. The molecule has 0 saturated carbocycles. The highest BCUT2D eigenvalue weighted by Gasteiger charge is 2.40. The van der Waals surface area contributed by atoms with E-state index in [4.69, 9.17) is 4.74 Å². The van der Waals surface area contributed by atoms with Gasteiger partial charge in [0.1, 0.15) is 6.04 Å². The molecule has 1 aromatic heterocycles. The molecule has 266 valence electrons. The maximum absolute atomic E-state index is 14.1. The van der Waals surface area contributed by atoms with Crippen LogP contribution in [0.3, 0.4) is 0 Å². The maximum atomic E-state index is 14.1. The molecule has 2 heterocycles. The van der Waals surface area contributed by atoms with Crippen LogP contribution in [0, 0.1) is 18.8 Å². The van der Waals surface area contributed by atoms with E-state index in [1.165, 1.54) is 47.0 Å². The summed E-state index contributed by atoms with van der Waals surface area (Å²) in [5.74, 6) is -1.45. The van der Waals surface area contributed by atoms with Crippen molar-refractivity contribution in [1.29, 1.82) is 0 Å². The number of nitrogens with zero attached hydrogens (tertiary/aromatic N) is 4. The summed E-state index contributed by atoms with van der Waals surface area (Å²) in [5.41, 5.74) is 1.71. The number of benzene rings is 2. The Bertz CT molecular complexity index is 1700. The van der Waals surface area contributed by atoms with Gasteiger partial charge in [-0.15, -0.1) is 11.3 Å². The Morgan fingerprint density at radius 2 is 1.78 bits per heavy atom. The molecule has 3 atom stereocenters. The lowest BCUT2D eigenvalue weighted by Crippen LogP contribution is -2.57. The van der Waals surface area contributed by atoms with E-state index >= 15 is 0 Å². The summed E-state index contributed by atoms with van der Waals surface area (Å²) >= 11 is 1.52. The van der Waals surface area contributed by atoms with Gasteiger partial charge in [0.15, 0.2) is 0 Å². The van der Waals surface area contributed by atoms with Crippen LogP contribution in [0.25, 0.3) is 0 Å². The normalized spacial score (nSPS) is 15.6. The molecular formula is C35H47N5O7S2. The monoisotopic (exact) mass is 713 g/mol. The molecule has 2 aromatic carbocycles. The number of hydrogen-bond acceptors (Lipinski definition) is 9. The van der Waals surface area contributed by atoms with E-state index in [9.17, 15) is 27.9 Å². The number of sulfonamides is 1. The van der Waals surface area contributed by atoms with E-state index in [2.05, 4.69) is 10.3 Å². The Hall–Kier alpha value is -3.85. The minimum absolute atomic E-state index is 0.0824. The van der Waals surface area contributed by atoms with E-state index in [-0.39, 0.29) is 47.8 Å². The van der Waals surface area contributed by atoms with Gasteiger partial charge in [-0.05, 0) is 48.9 Å². The number of carbonyl (C=O) groups is 3. The van der Waals surface area contributed by atoms with Gasteiger partial charge in [-0.25, -0.2) is 23.0 Å². The van der Waals surface area contributed by atoms with Crippen molar-refractivity contribution in [2.45, 2.75) is 70.7 Å². The number of aromatic nitrogens is 1. The molecule has 2 N–H and O–H groups in total. The Balaban J connectivity index is 1.59. The second-order valence-corrected chi connectivity index (χ2v) is 16.1. The van der Waals surface area contributed by atoms with Crippen LogP contribution in [0.1, 0.15) is 54.3 Å². The molecule has 49 heavy (non-hydrogen) atoms. The first-order valence-electron chi connectivity index (χ1n) is 16.4. The van der Waals surface area contributed by atoms with Crippen molar-refractivity contribution in [3.05, 3.63) is 81.8 Å². The van der Waals surface area contributed by atoms with Gasteiger partial charge in [0, 0.05) is 31.6 Å². The second-order valence-electron chi connectivity index (χ2n) is 13.1. The molecule has 4 rings (SSSR count). The third kappa shape index (κ3) is 9.65. The highest BCUT2D eigenvalue weighted by molar-refractivity contribution is 7.89. The number of urea groups is 1. The van der Waals surface area contributed by atoms with Gasteiger partial charge in [0.25, 0.3) is 0 Å². The van der Waals surface area contributed by atoms with Crippen molar-refractivity contribution in [2.75, 3.05) is 33.3 Å². The number of ether oxygens (including phenoxy) is 1. The van der Waals surface area contributed by atoms with Crippen LogP contribution in [0.15, 0.2) is 64.9 Å². The molecule has 1 saturated heterocycles. The standard InChI is InChI=1S/C35H47N5O7S2/c1-23(2)19-39(49(45,46)29-14-10-13-27(18-29)34(43)47-6)21-31(41)30(17-26-11-8-7-9-12-26)37-33(42)32(24(3)4)40-16-15-38(35(40)44)20-28-22-48-25(5)36-28/h7-14,18,22-24,30-32,41H,15-17,19-21H2,1-6H3,(H,37,42)/t30-,31+,32-/m0/s1. The molecule has 12 nitrogen and oxygen atoms in total. The number of nitrogens with one attached hydrogen (secondary N) is 1. The second kappa shape index (κ2) is 16.7. The highest BCUT2D eigenvalue weighted by Crippen LogP contribution is 2.23. The van der Waals surface area contributed by atoms with E-state index < -0.39 is 40.1 Å². The number of rotatable bonds is 16. The zero-order chi connectivity index (χ0) is 35.9. The van der Waals surface area contributed by atoms with Gasteiger partial charge in [0.2, 0.25) is 15.9 Å². The number of methoxy groups -OCH3 is 1. The van der Waals surface area contributed by atoms with Gasteiger partial charge in [-0.3, -0.25) is 4.79 Å². The topological polar surface area (TPSA) is 149 Å². The highest BCUT2D eigenvalue weighted by atomic mass is 32.2. The zero-order valence-corrected chi connectivity index (χ0v) is 30.5. The average molecular weight is 714 g/mol. The number of aliphatic hydroxyl groups excluding tert-OH is 1. The van der Waals surface area contributed by atoms with Gasteiger partial charge in [-0.2, -0.15) is 4.31 Å². The van der Waals surface area contributed by atoms with E-state index in [1.54, 1.807) is 9.80 Å². The first kappa shape index (κ1) is 38.0. The first-order chi connectivity index (χ1) is 23.2. The molecule has 0 spiro atoms. The zero-order valence-electron chi connectivity index (χ0n) is 28.9. The summed E-state index contributed by atoms with van der Waals surface area (Å²) in [5, 5.41) is 17.6. The maximum Gasteiger partial charge on any atom is 0.337 e. The average Bonchev–Trinajstić information content (AvgIpc) is 3.64. The molecule has 0 unspecified atom stereocenters. The van der Waals surface area contributed by atoms with Crippen LogP contribution in [0.2, 0.25) is 0 Å². The number of carbonyl (C=O) groups excluding carboxylic acids is 3. The quantitative estimate of drug-likeness (QED) is 0.212. The Morgan fingerprint density at radius 1 is 1.06 bits per heavy atom. The largest absolute Gasteiger partial charge is 0.465 e. The van der Waals surface area contributed by atoms with Crippen molar-refractivity contribution in [3.8, 4) is 0 Å². The summed E-state index contributed by atoms with van der Waals surface area (Å²) in [6.07, 6.45) is -1.11. The van der Waals surface area contributed by atoms with Gasteiger partial charge in [-0.1, -0.05) is 64.1 Å². The van der Waals surface area contributed by atoms with Crippen LogP contribution in [0.5, 0.6) is 0 Å². The number of amides is 3. The van der Waals surface area contributed by atoms with E-state index in [0.29, 0.717) is 19.6 Å². The van der Waals surface area contributed by atoms with E-state index in [1.807, 2.05) is 70.3 Å². The van der Waals surface area contributed by atoms with Crippen LogP contribution in [-0.4, -0.2) is 102 Å². The lowest BCUT2D eigenvalue weighted by Gasteiger charge is -2.34. The lowest BCUT2D eigenvalue weighted by atomic mass is 9.97. The number of hydrogen-bond donors (Lipinski definition) is 2. The fourth-order valence-corrected chi connectivity index (χ4v) is 8.24. The Kier molecular flexibility index (Phi) is 12.9. The summed E-state index contributed by atoms with van der Waals surface area (Å²) in [4.78, 5) is 47.4. The molecule has 0 aliphatic carbocycles. The number of aliphatic hydroxyl groups is 1. The SMILES string of the molecule is COC(=O)c1cccc(S(=O)(=O)N(CC(C)C)C[C@@H](O)[C@H](Cc2ccccc2)NC(=O)[C@H](C(C)C)N2CCN(Cc3csc(C)n3)C2=O)c1. The van der Waals surface area contributed by atoms with Crippen LogP contribution in [-0.2, 0) is 32.5 Å². The summed E-state index contributed by atoms with van der Waals surface area (Å²) in [6, 6.07) is 12.9. The van der Waals surface area contributed by atoms with Crippen molar-refractivity contribution in [1.82, 2.24) is 24.4 Å². The predicted octanol–water partition coefficient (Wildman–Crippen LogP) is 3.94. The fraction of sp³-hybridized carbons (Fsp3) is 0.486. The molecule has 1 aliphatic rings. The molecule has 0 radical (unpaired) electrons. The van der Waals surface area contributed by atoms with E-state index in [0.717, 1.165) is 16.3 Å². The minimum atomic E-state index is -4.18. The summed E-state index contributed by atoms with van der Waals surface area (Å²) < 4.78 is 33.9. The smallest absolute Gasteiger partial charge is 0.337 e. The molecule has 1 fully saturated rings. The molecule has 0 bridgehead atoms. The Labute approximate surface area is 293 Å². The van der Waals surface area contributed by atoms with Crippen molar-refractivity contribution in [2.24, 2.45) is 11.8 Å². The van der Waals surface area contributed by atoms with Crippen molar-refractivity contribution in [3.63, 3.8) is 0 Å². The van der Waals surface area contributed by atoms with Crippen LogP contribution >= 0.6 is 11.3 Å². The van der Waals surface area contributed by atoms with Gasteiger partial charge >= 0.3 is 12.0 Å². The fourth-order valence-electron chi connectivity index (χ4n) is 5.97. The third-order valence-electron chi connectivity index (χ3n) is 8.33. The predicted molar refractivity (Wildman–Crippen MR) is 187 cm³/mol. The lowest BCUT2D eigenvalue weighted by molar-refractivity contribution is -0.128. The third-order valence-corrected chi connectivity index (χ3v) is 11.0. The van der Waals surface area contributed by atoms with Gasteiger partial charge < -0.3 is 25.0 Å². The molecule has 1 aliphatic heterocycles. The Morgan fingerprint density at radius 3 is 2.39 bits per heavy atom. The van der Waals surface area contributed by atoms with Crippen LogP contribution in [0.4, 0.5) is 4.79 Å². The number of aryl methyl sites for hydroxylation is 1. The molecular weight excluding hydrogens is 667 g/mol. The summed E-state index contributed by atoms with van der Waals surface area (Å²) in [7, 11) is -2.96. The van der Waals surface area contributed by atoms with Crippen molar-refractivity contribution < 1.29 is 32.6 Å². The van der Waals surface area contributed by atoms with Gasteiger partial charge in [0.05, 0.1) is 47.0 Å². The van der Waals surface area contributed by atoms with Crippen molar-refractivity contribution >= 4 is 39.3 Å². The molecule has 14 heteroatoms. The summed E-state index contributed by atoms with van der Waals surface area (Å²) in [6.45, 7) is 10.3. The molecule has 3 amide bonds. The first-order valence-corrected chi connectivity index (χ1v) is 18.7. The molecule has 3 aromatic rings. The number of esters is 1. The minimum Gasteiger partial charge on any atom is -0.465 e.